The molecule has 1 unspecified atom stereocenters. The molecule has 0 aromatic carbocycles. The summed E-state index contributed by atoms with van der Waals surface area (Å²) in [5.74, 6) is 0. The summed E-state index contributed by atoms with van der Waals surface area (Å²) in [6.45, 7) is 7.60. The van der Waals surface area contributed by atoms with E-state index in [0.717, 1.165) is 17.4 Å². The normalized spacial score (nSPS) is 14.2. The minimum Gasteiger partial charge on any atom is -0.310 e. The minimum absolute atomic E-state index is 0.00277. The Hall–Kier alpha value is -0.390. The summed E-state index contributed by atoms with van der Waals surface area (Å²) in [4.78, 5) is 2.24. The zero-order chi connectivity index (χ0) is 13.9. The molecule has 0 amide bonds. The maximum absolute atomic E-state index is 4.46. The first-order valence-corrected chi connectivity index (χ1v) is 7.21. The standard InChI is InChI=1S/C13H25BrN4/c1-7-8-18-11(10(14)9-16-18)12(15-4)13(2,3)17(5)6/h9,12,15H,7-8H2,1-6H3. The molecule has 1 heterocycles. The van der Waals surface area contributed by atoms with E-state index in [4.69, 9.17) is 0 Å². The highest BCUT2D eigenvalue weighted by Gasteiger charge is 2.35. The first kappa shape index (κ1) is 15.7. The van der Waals surface area contributed by atoms with Crippen molar-refractivity contribution in [3.05, 3.63) is 16.4 Å². The van der Waals surface area contributed by atoms with Crippen molar-refractivity contribution in [1.29, 1.82) is 0 Å². The smallest absolute Gasteiger partial charge is 0.0714 e. The van der Waals surface area contributed by atoms with Gasteiger partial charge in [0.05, 0.1) is 22.4 Å². The number of aromatic nitrogens is 2. The van der Waals surface area contributed by atoms with E-state index < -0.39 is 0 Å². The Morgan fingerprint density at radius 1 is 1.50 bits per heavy atom. The largest absolute Gasteiger partial charge is 0.310 e. The Labute approximate surface area is 119 Å². The van der Waals surface area contributed by atoms with Crippen molar-refractivity contribution < 1.29 is 0 Å². The zero-order valence-electron chi connectivity index (χ0n) is 12.3. The summed E-state index contributed by atoms with van der Waals surface area (Å²) in [6.07, 6.45) is 2.97. The number of hydrogen-bond acceptors (Lipinski definition) is 3. The summed E-state index contributed by atoms with van der Waals surface area (Å²) < 4.78 is 3.17. The van der Waals surface area contributed by atoms with Crippen LogP contribution in [0.3, 0.4) is 0 Å². The molecule has 0 radical (unpaired) electrons. The van der Waals surface area contributed by atoms with Crippen LogP contribution in [0.1, 0.15) is 38.9 Å². The molecule has 0 spiro atoms. The lowest BCUT2D eigenvalue weighted by atomic mass is 9.90. The number of aryl methyl sites for hydroxylation is 1. The van der Waals surface area contributed by atoms with Crippen LogP contribution < -0.4 is 5.32 Å². The molecule has 1 rings (SSSR count). The van der Waals surface area contributed by atoms with Gasteiger partial charge in [-0.05, 0) is 57.3 Å². The molecule has 5 heteroatoms. The molecule has 0 saturated heterocycles. The first-order valence-electron chi connectivity index (χ1n) is 6.42. The lowest BCUT2D eigenvalue weighted by Gasteiger charge is -2.40. The van der Waals surface area contributed by atoms with Gasteiger partial charge in [0.15, 0.2) is 0 Å². The summed E-state index contributed by atoms with van der Waals surface area (Å²) in [5, 5.41) is 7.89. The molecule has 0 fully saturated rings. The van der Waals surface area contributed by atoms with Gasteiger partial charge in [-0.25, -0.2) is 0 Å². The van der Waals surface area contributed by atoms with E-state index in [-0.39, 0.29) is 11.6 Å². The van der Waals surface area contributed by atoms with Crippen molar-refractivity contribution in [2.75, 3.05) is 21.1 Å². The second-order valence-electron chi connectivity index (χ2n) is 5.37. The second kappa shape index (κ2) is 6.17. The highest BCUT2D eigenvalue weighted by molar-refractivity contribution is 9.10. The minimum atomic E-state index is 0.00277. The fourth-order valence-electron chi connectivity index (χ4n) is 2.13. The SMILES string of the molecule is CCCn1ncc(Br)c1C(NC)C(C)(C)N(C)C. The molecule has 4 nitrogen and oxygen atoms in total. The van der Waals surface area contributed by atoms with E-state index >= 15 is 0 Å². The number of halogens is 1. The Morgan fingerprint density at radius 2 is 2.11 bits per heavy atom. The lowest BCUT2D eigenvalue weighted by molar-refractivity contribution is 0.137. The van der Waals surface area contributed by atoms with E-state index in [1.807, 2.05) is 13.2 Å². The number of nitrogens with one attached hydrogen (secondary N) is 1. The monoisotopic (exact) mass is 316 g/mol. The maximum atomic E-state index is 4.46. The summed E-state index contributed by atoms with van der Waals surface area (Å²) >= 11 is 3.63. The third-order valence-corrected chi connectivity index (χ3v) is 4.30. The first-order chi connectivity index (χ1) is 8.36. The van der Waals surface area contributed by atoms with Gasteiger partial charge in [-0.3, -0.25) is 4.68 Å². The molecule has 0 saturated carbocycles. The van der Waals surface area contributed by atoms with Crippen molar-refractivity contribution in [2.45, 2.75) is 45.3 Å². The van der Waals surface area contributed by atoms with E-state index in [2.05, 4.69) is 70.8 Å². The highest BCUT2D eigenvalue weighted by Crippen LogP contribution is 2.33. The quantitative estimate of drug-likeness (QED) is 0.876. The number of likely N-dealkylation sites (N-methyl/N-ethyl adjacent to an activating group) is 2. The highest BCUT2D eigenvalue weighted by atomic mass is 79.9. The van der Waals surface area contributed by atoms with Gasteiger partial charge in [0.1, 0.15) is 0 Å². The van der Waals surface area contributed by atoms with Gasteiger partial charge in [-0.15, -0.1) is 0 Å². The molecule has 0 bridgehead atoms. The van der Waals surface area contributed by atoms with Gasteiger partial charge < -0.3 is 10.2 Å². The molecule has 0 aliphatic heterocycles. The number of nitrogens with zero attached hydrogens (tertiary/aromatic N) is 3. The second-order valence-corrected chi connectivity index (χ2v) is 6.23. The summed E-state index contributed by atoms with van der Waals surface area (Å²) in [5.41, 5.74) is 1.22. The molecule has 18 heavy (non-hydrogen) atoms. The topological polar surface area (TPSA) is 33.1 Å². The van der Waals surface area contributed by atoms with Crippen molar-refractivity contribution in [3.8, 4) is 0 Å². The van der Waals surface area contributed by atoms with Crippen molar-refractivity contribution in [1.82, 2.24) is 20.0 Å². The summed E-state index contributed by atoms with van der Waals surface area (Å²) in [6, 6.07) is 0.218. The predicted molar refractivity (Wildman–Crippen MR) is 79.8 cm³/mol. The molecule has 1 atom stereocenters. The predicted octanol–water partition coefficient (Wildman–Crippen LogP) is 2.66. The Bertz CT molecular complexity index is 384. The van der Waals surface area contributed by atoms with Gasteiger partial charge in [-0.2, -0.15) is 5.10 Å². The van der Waals surface area contributed by atoms with Crippen LogP contribution in [-0.2, 0) is 6.54 Å². The van der Waals surface area contributed by atoms with E-state index in [1.165, 1.54) is 5.69 Å². The molecule has 0 aliphatic rings. The van der Waals surface area contributed by atoms with E-state index in [1.54, 1.807) is 0 Å². The van der Waals surface area contributed by atoms with Crippen LogP contribution >= 0.6 is 15.9 Å². The average molecular weight is 317 g/mol. The molecule has 1 aromatic heterocycles. The Morgan fingerprint density at radius 3 is 2.56 bits per heavy atom. The van der Waals surface area contributed by atoms with Gasteiger partial charge >= 0.3 is 0 Å². The van der Waals surface area contributed by atoms with Crippen LogP contribution in [0.5, 0.6) is 0 Å². The average Bonchev–Trinajstić information content (AvgIpc) is 2.63. The van der Waals surface area contributed by atoms with Gasteiger partial charge in [-0.1, -0.05) is 6.92 Å². The van der Waals surface area contributed by atoms with Gasteiger partial charge in [0.25, 0.3) is 0 Å². The molecular formula is C13H25BrN4. The Kier molecular flexibility index (Phi) is 5.37. The fourth-order valence-corrected chi connectivity index (χ4v) is 2.66. The maximum Gasteiger partial charge on any atom is 0.0714 e. The van der Waals surface area contributed by atoms with Crippen LogP contribution in [-0.4, -0.2) is 41.4 Å². The molecule has 1 N–H and O–H groups in total. The number of rotatable bonds is 6. The van der Waals surface area contributed by atoms with Crippen LogP contribution in [0, 0.1) is 0 Å². The molecular weight excluding hydrogens is 292 g/mol. The van der Waals surface area contributed by atoms with Gasteiger partial charge in [0.2, 0.25) is 0 Å². The van der Waals surface area contributed by atoms with Gasteiger partial charge in [0, 0.05) is 12.1 Å². The Balaban J connectivity index is 3.20. The van der Waals surface area contributed by atoms with Crippen LogP contribution in [0.25, 0.3) is 0 Å². The van der Waals surface area contributed by atoms with Crippen LogP contribution in [0.4, 0.5) is 0 Å². The van der Waals surface area contributed by atoms with Crippen LogP contribution in [0.15, 0.2) is 10.7 Å². The van der Waals surface area contributed by atoms with Crippen molar-refractivity contribution >= 4 is 15.9 Å². The summed E-state index contributed by atoms with van der Waals surface area (Å²) in [7, 11) is 6.23. The molecule has 104 valence electrons. The third-order valence-electron chi connectivity index (χ3n) is 3.69. The van der Waals surface area contributed by atoms with Crippen LogP contribution in [0.2, 0.25) is 0 Å². The third kappa shape index (κ3) is 2.95. The van der Waals surface area contributed by atoms with Crippen molar-refractivity contribution in [2.24, 2.45) is 0 Å². The van der Waals surface area contributed by atoms with E-state index in [0.29, 0.717) is 0 Å². The fraction of sp³-hybridized carbons (Fsp3) is 0.769. The lowest BCUT2D eigenvalue weighted by Crippen LogP contribution is -2.49. The number of hydrogen-bond donors (Lipinski definition) is 1. The molecule has 1 aromatic rings. The van der Waals surface area contributed by atoms with Crippen molar-refractivity contribution in [3.63, 3.8) is 0 Å². The van der Waals surface area contributed by atoms with E-state index in [9.17, 15) is 0 Å². The molecule has 0 aliphatic carbocycles. The zero-order valence-corrected chi connectivity index (χ0v) is 13.9.